The van der Waals surface area contributed by atoms with Gasteiger partial charge in [-0.25, -0.2) is 0 Å². The lowest BCUT2D eigenvalue weighted by Gasteiger charge is -2.39. The Bertz CT molecular complexity index is 176. The van der Waals surface area contributed by atoms with Gasteiger partial charge in [0.1, 0.15) is 0 Å². The van der Waals surface area contributed by atoms with Gasteiger partial charge in [-0.3, -0.25) is 4.79 Å². The average Bonchev–Trinajstić information content (AvgIpc) is 1.95. The maximum absolute atomic E-state index is 11.2. The van der Waals surface area contributed by atoms with E-state index in [0.717, 1.165) is 0 Å². The fraction of sp³-hybridized carbons (Fsp3) is 0.889. The van der Waals surface area contributed by atoms with Crippen molar-refractivity contribution >= 4 is 5.91 Å². The molecule has 1 fully saturated rings. The van der Waals surface area contributed by atoms with Crippen LogP contribution in [0.15, 0.2) is 0 Å². The summed E-state index contributed by atoms with van der Waals surface area (Å²) in [6, 6.07) is 0. The number of likely N-dealkylation sites (tertiary alicyclic amines) is 1. The van der Waals surface area contributed by atoms with Gasteiger partial charge in [-0.1, -0.05) is 0 Å². The first-order valence-electron chi connectivity index (χ1n) is 4.67. The number of ether oxygens (including phenoxy) is 1. The van der Waals surface area contributed by atoms with Gasteiger partial charge in [0.15, 0.2) is 0 Å². The second kappa shape index (κ2) is 4.58. The van der Waals surface area contributed by atoms with E-state index in [0.29, 0.717) is 13.1 Å². The maximum atomic E-state index is 11.2. The minimum absolute atomic E-state index is 0.0195. The molecule has 1 heterocycles. The molecule has 4 heteroatoms. The van der Waals surface area contributed by atoms with Crippen molar-refractivity contribution in [3.63, 3.8) is 0 Å². The lowest BCUT2D eigenvalue weighted by molar-refractivity contribution is -0.148. The second-order valence-electron chi connectivity index (χ2n) is 3.58. The van der Waals surface area contributed by atoms with Crippen molar-refractivity contribution in [1.82, 2.24) is 4.90 Å². The Kier molecular flexibility index (Phi) is 3.69. The third kappa shape index (κ3) is 2.97. The number of hydrogen-bond acceptors (Lipinski definition) is 3. The highest BCUT2D eigenvalue weighted by atomic mass is 16.5. The zero-order chi connectivity index (χ0) is 9.84. The van der Waals surface area contributed by atoms with Crippen LogP contribution in [-0.4, -0.2) is 47.8 Å². The third-order valence-corrected chi connectivity index (χ3v) is 1.99. The Balaban J connectivity index is 2.14. The van der Waals surface area contributed by atoms with E-state index < -0.39 is 0 Å². The predicted octanol–water partition coefficient (Wildman–Crippen LogP) is 0.00460. The third-order valence-electron chi connectivity index (χ3n) is 1.99. The molecule has 1 saturated heterocycles. The number of carbonyl (C=O) groups is 1. The summed E-state index contributed by atoms with van der Waals surface area (Å²) >= 11 is 0. The van der Waals surface area contributed by atoms with Crippen molar-refractivity contribution in [2.45, 2.75) is 32.5 Å². The van der Waals surface area contributed by atoms with Gasteiger partial charge in [0.05, 0.1) is 18.8 Å². The minimum atomic E-state index is -0.0644. The summed E-state index contributed by atoms with van der Waals surface area (Å²) in [5.74, 6) is 0.0195. The average molecular weight is 187 g/mol. The lowest BCUT2D eigenvalue weighted by atomic mass is 10.1. The van der Waals surface area contributed by atoms with E-state index >= 15 is 0 Å². The van der Waals surface area contributed by atoms with Gasteiger partial charge >= 0.3 is 0 Å². The molecule has 0 atom stereocenters. The largest absolute Gasteiger partial charge is 0.396 e. The highest BCUT2D eigenvalue weighted by Crippen LogP contribution is 2.14. The standard InChI is InChI=1S/C9H17NO3/c1-7(2)13-8-5-10(6-8)9(12)3-4-11/h7-8,11H,3-6H2,1-2H3. The smallest absolute Gasteiger partial charge is 0.225 e. The number of hydrogen-bond donors (Lipinski definition) is 1. The van der Waals surface area contributed by atoms with Gasteiger partial charge in [0.25, 0.3) is 0 Å². The Morgan fingerprint density at radius 3 is 2.69 bits per heavy atom. The Morgan fingerprint density at radius 2 is 2.23 bits per heavy atom. The molecule has 0 aliphatic carbocycles. The SMILES string of the molecule is CC(C)OC1CN(C(=O)CCO)C1. The van der Waals surface area contributed by atoms with Crippen LogP contribution in [-0.2, 0) is 9.53 Å². The van der Waals surface area contributed by atoms with Crippen LogP contribution >= 0.6 is 0 Å². The zero-order valence-electron chi connectivity index (χ0n) is 8.19. The molecule has 1 aliphatic heterocycles. The predicted molar refractivity (Wildman–Crippen MR) is 48.3 cm³/mol. The molecule has 1 rings (SSSR count). The van der Waals surface area contributed by atoms with Crippen LogP contribution in [0.1, 0.15) is 20.3 Å². The summed E-state index contributed by atoms with van der Waals surface area (Å²) in [5.41, 5.74) is 0. The van der Waals surface area contributed by atoms with Crippen molar-refractivity contribution < 1.29 is 14.6 Å². The van der Waals surface area contributed by atoms with Gasteiger partial charge in [-0.05, 0) is 13.8 Å². The Hall–Kier alpha value is -0.610. The van der Waals surface area contributed by atoms with E-state index in [9.17, 15) is 4.79 Å². The molecule has 0 spiro atoms. The van der Waals surface area contributed by atoms with Crippen LogP contribution < -0.4 is 0 Å². The van der Waals surface area contributed by atoms with Gasteiger partial charge in [-0.2, -0.15) is 0 Å². The normalized spacial score (nSPS) is 17.7. The van der Waals surface area contributed by atoms with Gasteiger partial charge < -0.3 is 14.7 Å². The van der Waals surface area contributed by atoms with Crippen LogP contribution in [0.5, 0.6) is 0 Å². The van der Waals surface area contributed by atoms with Crippen molar-refractivity contribution in [2.75, 3.05) is 19.7 Å². The number of carbonyl (C=O) groups excluding carboxylic acids is 1. The summed E-state index contributed by atoms with van der Waals surface area (Å²) in [4.78, 5) is 12.9. The van der Waals surface area contributed by atoms with Crippen molar-refractivity contribution in [2.24, 2.45) is 0 Å². The Morgan fingerprint density at radius 1 is 1.62 bits per heavy atom. The molecule has 1 amide bonds. The number of aliphatic hydroxyl groups excluding tert-OH is 1. The van der Waals surface area contributed by atoms with Crippen molar-refractivity contribution in [3.8, 4) is 0 Å². The summed E-state index contributed by atoms with van der Waals surface area (Å²) in [6.45, 7) is 5.26. The summed E-state index contributed by atoms with van der Waals surface area (Å²) < 4.78 is 5.49. The molecule has 0 aromatic heterocycles. The van der Waals surface area contributed by atoms with E-state index in [1.807, 2.05) is 13.8 Å². The number of aliphatic hydroxyl groups is 1. The maximum Gasteiger partial charge on any atom is 0.225 e. The molecule has 0 aromatic carbocycles. The molecule has 0 aromatic rings. The van der Waals surface area contributed by atoms with E-state index in [2.05, 4.69) is 0 Å². The molecule has 0 unspecified atom stereocenters. The van der Waals surface area contributed by atoms with Crippen LogP contribution in [0.4, 0.5) is 0 Å². The number of amides is 1. The van der Waals surface area contributed by atoms with E-state index in [1.54, 1.807) is 4.90 Å². The number of nitrogens with zero attached hydrogens (tertiary/aromatic N) is 1. The van der Waals surface area contributed by atoms with Crippen LogP contribution in [0.2, 0.25) is 0 Å². The molecular weight excluding hydrogens is 170 g/mol. The minimum Gasteiger partial charge on any atom is -0.396 e. The summed E-state index contributed by atoms with van der Waals surface area (Å²) in [6.07, 6.45) is 0.650. The first kappa shape index (κ1) is 10.5. The monoisotopic (exact) mass is 187 g/mol. The molecular formula is C9H17NO3. The highest BCUT2D eigenvalue weighted by molar-refractivity contribution is 5.77. The molecule has 13 heavy (non-hydrogen) atoms. The van der Waals surface area contributed by atoms with E-state index in [4.69, 9.17) is 9.84 Å². The van der Waals surface area contributed by atoms with Crippen LogP contribution in [0, 0.1) is 0 Å². The van der Waals surface area contributed by atoms with Crippen molar-refractivity contribution in [1.29, 1.82) is 0 Å². The van der Waals surface area contributed by atoms with Gasteiger partial charge in [-0.15, -0.1) is 0 Å². The molecule has 76 valence electrons. The zero-order valence-corrected chi connectivity index (χ0v) is 8.19. The first-order valence-corrected chi connectivity index (χ1v) is 4.67. The molecule has 1 aliphatic rings. The topological polar surface area (TPSA) is 49.8 Å². The first-order chi connectivity index (χ1) is 6.13. The Labute approximate surface area is 78.5 Å². The van der Waals surface area contributed by atoms with E-state index in [-0.39, 0.29) is 31.1 Å². The second-order valence-corrected chi connectivity index (χ2v) is 3.58. The van der Waals surface area contributed by atoms with Gasteiger partial charge in [0, 0.05) is 19.5 Å². The van der Waals surface area contributed by atoms with E-state index in [1.165, 1.54) is 0 Å². The quantitative estimate of drug-likeness (QED) is 0.674. The molecule has 4 nitrogen and oxygen atoms in total. The molecule has 0 radical (unpaired) electrons. The molecule has 1 N–H and O–H groups in total. The summed E-state index contributed by atoms with van der Waals surface area (Å²) in [5, 5.41) is 8.54. The molecule has 0 bridgehead atoms. The number of rotatable bonds is 4. The van der Waals surface area contributed by atoms with Crippen LogP contribution in [0.3, 0.4) is 0 Å². The molecule has 0 saturated carbocycles. The van der Waals surface area contributed by atoms with Crippen molar-refractivity contribution in [3.05, 3.63) is 0 Å². The fourth-order valence-corrected chi connectivity index (χ4v) is 1.37. The fourth-order valence-electron chi connectivity index (χ4n) is 1.37. The summed E-state index contributed by atoms with van der Waals surface area (Å²) in [7, 11) is 0. The lowest BCUT2D eigenvalue weighted by Crippen LogP contribution is -2.55. The van der Waals surface area contributed by atoms with Gasteiger partial charge in [0.2, 0.25) is 5.91 Å². The van der Waals surface area contributed by atoms with Crippen LogP contribution in [0.25, 0.3) is 0 Å². The highest BCUT2D eigenvalue weighted by Gasteiger charge is 2.31.